The standard InChI is InChI=1S/C23H28N6S2.C3H8O2.C2H6/c1-3-16(13-24)10-11-25-21-20(22-28-18-8-4-5-9-19(18)31-22)15(2)27-23(29-21)26-14-17-7-6-12-30-17;1-3(2,4)5;1-2/h4-9,12,16H,3,10-11,13-14,24H2,1-2H3,(H2,25,26,27,29);4-5H,1-2H3;1-2H3. The first-order valence-electron chi connectivity index (χ1n) is 13.1. The molecule has 3 aromatic heterocycles. The summed E-state index contributed by atoms with van der Waals surface area (Å²) in [4.78, 5) is 15.7. The number of hydrogen-bond acceptors (Lipinski definition) is 10. The SMILES string of the molecule is CC.CC(C)(O)O.CCC(CN)CCNc1nc(NCc2cccs2)nc(C)c1-c1nc2ccccc2s1. The molecule has 4 aromatic rings. The monoisotopic (exact) mass is 558 g/mol. The number of thiazole rings is 1. The average molecular weight is 559 g/mol. The maximum atomic E-state index is 8.08. The number of para-hydroxylation sites is 1. The van der Waals surface area contributed by atoms with E-state index in [1.807, 2.05) is 39.0 Å². The highest BCUT2D eigenvalue weighted by atomic mass is 32.1. The number of aryl methyl sites for hydroxylation is 1. The van der Waals surface area contributed by atoms with Crippen LogP contribution in [0, 0.1) is 12.8 Å². The number of aromatic nitrogens is 3. The molecule has 4 rings (SSSR count). The van der Waals surface area contributed by atoms with Gasteiger partial charge in [0, 0.05) is 11.4 Å². The largest absolute Gasteiger partial charge is 0.369 e. The van der Waals surface area contributed by atoms with Crippen LogP contribution in [0.3, 0.4) is 0 Å². The van der Waals surface area contributed by atoms with Crippen molar-refractivity contribution in [2.75, 3.05) is 23.7 Å². The van der Waals surface area contributed by atoms with E-state index in [-0.39, 0.29) is 0 Å². The van der Waals surface area contributed by atoms with Gasteiger partial charge in [-0.2, -0.15) is 4.98 Å². The predicted molar refractivity (Wildman–Crippen MR) is 163 cm³/mol. The number of fused-ring (bicyclic) bond motifs is 1. The van der Waals surface area contributed by atoms with Crippen LogP contribution in [-0.4, -0.2) is 44.0 Å². The summed E-state index contributed by atoms with van der Waals surface area (Å²) in [5, 5.41) is 26.1. The molecule has 1 atom stereocenters. The number of rotatable bonds is 10. The summed E-state index contributed by atoms with van der Waals surface area (Å²) in [7, 11) is 0. The molecule has 0 bridgehead atoms. The van der Waals surface area contributed by atoms with Crippen LogP contribution in [0.25, 0.3) is 20.8 Å². The number of benzene rings is 1. The fraction of sp³-hybridized carbons (Fsp3) is 0.464. The first-order chi connectivity index (χ1) is 18.2. The van der Waals surface area contributed by atoms with Crippen molar-refractivity contribution in [1.82, 2.24) is 15.0 Å². The lowest BCUT2D eigenvalue weighted by molar-refractivity contribution is -0.127. The third-order valence-corrected chi connectivity index (χ3v) is 7.28. The molecule has 3 heterocycles. The number of nitrogens with two attached hydrogens (primary N) is 1. The van der Waals surface area contributed by atoms with Crippen LogP contribution < -0.4 is 16.4 Å². The molecule has 208 valence electrons. The molecule has 0 amide bonds. The second-order valence-corrected chi connectivity index (χ2v) is 11.1. The summed E-state index contributed by atoms with van der Waals surface area (Å²) < 4.78 is 1.16. The van der Waals surface area contributed by atoms with Gasteiger partial charge in [-0.05, 0) is 63.2 Å². The molecule has 6 N–H and O–H groups in total. The van der Waals surface area contributed by atoms with Crippen molar-refractivity contribution in [2.24, 2.45) is 11.7 Å². The maximum absolute atomic E-state index is 8.08. The van der Waals surface area contributed by atoms with Gasteiger partial charge in [0.2, 0.25) is 5.95 Å². The highest BCUT2D eigenvalue weighted by molar-refractivity contribution is 7.21. The Kier molecular flexibility index (Phi) is 13.1. The predicted octanol–water partition coefficient (Wildman–Crippen LogP) is 6.26. The summed E-state index contributed by atoms with van der Waals surface area (Å²) >= 11 is 3.40. The Hall–Kier alpha value is -2.63. The van der Waals surface area contributed by atoms with Crippen molar-refractivity contribution in [3.8, 4) is 10.6 Å². The molecular formula is C28H42N6O2S2. The Bertz CT molecular complexity index is 1180. The first kappa shape index (κ1) is 31.6. The van der Waals surface area contributed by atoms with Crippen LogP contribution in [0.4, 0.5) is 11.8 Å². The summed E-state index contributed by atoms with van der Waals surface area (Å²) in [5.74, 6) is 0.467. The maximum Gasteiger partial charge on any atom is 0.225 e. The molecule has 0 saturated heterocycles. The van der Waals surface area contributed by atoms with E-state index in [4.69, 9.17) is 30.9 Å². The first-order valence-corrected chi connectivity index (χ1v) is 14.8. The molecule has 1 unspecified atom stereocenters. The second-order valence-electron chi connectivity index (χ2n) is 9.00. The van der Waals surface area contributed by atoms with Gasteiger partial charge in [-0.3, -0.25) is 0 Å². The summed E-state index contributed by atoms with van der Waals surface area (Å²) in [6.07, 6.45) is 2.09. The Labute approximate surface area is 234 Å². The van der Waals surface area contributed by atoms with E-state index in [1.54, 1.807) is 22.7 Å². The summed E-state index contributed by atoms with van der Waals surface area (Å²) in [6, 6.07) is 12.4. The van der Waals surface area contributed by atoms with E-state index < -0.39 is 5.79 Å². The molecular weight excluding hydrogens is 516 g/mol. The topological polar surface area (TPSA) is 129 Å². The number of thiophene rings is 1. The van der Waals surface area contributed by atoms with Crippen LogP contribution in [-0.2, 0) is 6.54 Å². The van der Waals surface area contributed by atoms with E-state index in [1.165, 1.54) is 18.7 Å². The van der Waals surface area contributed by atoms with Gasteiger partial charge >= 0.3 is 0 Å². The minimum absolute atomic E-state index is 0.512. The third kappa shape index (κ3) is 10.3. The van der Waals surface area contributed by atoms with Gasteiger partial charge in [-0.1, -0.05) is 45.4 Å². The van der Waals surface area contributed by atoms with Crippen LogP contribution in [0.1, 0.15) is 58.0 Å². The Morgan fingerprint density at radius 3 is 2.34 bits per heavy atom. The van der Waals surface area contributed by atoms with Crippen molar-refractivity contribution in [1.29, 1.82) is 0 Å². The summed E-state index contributed by atoms with van der Waals surface area (Å²) in [5.41, 5.74) is 8.78. The minimum atomic E-state index is -1.50. The van der Waals surface area contributed by atoms with Gasteiger partial charge in [0.1, 0.15) is 10.8 Å². The lowest BCUT2D eigenvalue weighted by atomic mass is 10.0. The number of hydrogen-bond donors (Lipinski definition) is 5. The van der Waals surface area contributed by atoms with Crippen molar-refractivity contribution in [3.63, 3.8) is 0 Å². The average Bonchev–Trinajstić information content (AvgIpc) is 3.55. The lowest BCUT2D eigenvalue weighted by Crippen LogP contribution is -2.18. The van der Waals surface area contributed by atoms with Gasteiger partial charge in [-0.25, -0.2) is 9.97 Å². The van der Waals surface area contributed by atoms with Crippen LogP contribution >= 0.6 is 22.7 Å². The van der Waals surface area contributed by atoms with Crippen molar-refractivity contribution < 1.29 is 10.2 Å². The molecule has 0 aliphatic carbocycles. The fourth-order valence-electron chi connectivity index (χ4n) is 3.48. The number of anilines is 2. The van der Waals surface area contributed by atoms with E-state index >= 15 is 0 Å². The normalized spacial score (nSPS) is 11.7. The van der Waals surface area contributed by atoms with E-state index in [2.05, 4.69) is 41.1 Å². The smallest absolute Gasteiger partial charge is 0.225 e. The van der Waals surface area contributed by atoms with Gasteiger partial charge in [-0.15, -0.1) is 22.7 Å². The van der Waals surface area contributed by atoms with Crippen LogP contribution in [0.5, 0.6) is 0 Å². The third-order valence-electron chi connectivity index (χ3n) is 5.35. The zero-order chi connectivity index (χ0) is 28.1. The van der Waals surface area contributed by atoms with Gasteiger partial charge in [0.05, 0.1) is 28.0 Å². The molecule has 8 nitrogen and oxygen atoms in total. The van der Waals surface area contributed by atoms with Crippen LogP contribution in [0.15, 0.2) is 41.8 Å². The van der Waals surface area contributed by atoms with Crippen molar-refractivity contribution in [3.05, 3.63) is 52.3 Å². The lowest BCUT2D eigenvalue weighted by Gasteiger charge is -2.16. The van der Waals surface area contributed by atoms with Gasteiger partial charge < -0.3 is 26.6 Å². The van der Waals surface area contributed by atoms with E-state index in [0.29, 0.717) is 25.0 Å². The molecule has 0 aliphatic heterocycles. The number of nitrogens with zero attached hydrogens (tertiary/aromatic N) is 3. The Balaban J connectivity index is 0.000000651. The van der Waals surface area contributed by atoms with Crippen molar-refractivity contribution >= 4 is 44.7 Å². The van der Waals surface area contributed by atoms with Crippen LogP contribution in [0.2, 0.25) is 0 Å². The number of nitrogens with one attached hydrogen (secondary N) is 2. The molecule has 0 radical (unpaired) electrons. The molecule has 0 aliphatic rings. The summed E-state index contributed by atoms with van der Waals surface area (Å²) in [6.45, 7) is 13.0. The quantitative estimate of drug-likeness (QED) is 0.144. The molecule has 10 heteroatoms. The van der Waals surface area contributed by atoms with Crippen molar-refractivity contribution in [2.45, 2.75) is 66.7 Å². The number of aliphatic hydroxyl groups is 2. The minimum Gasteiger partial charge on any atom is -0.369 e. The zero-order valence-corrected chi connectivity index (χ0v) is 24.9. The fourth-order valence-corrected chi connectivity index (χ4v) is 5.19. The highest BCUT2D eigenvalue weighted by Crippen LogP contribution is 2.36. The molecule has 1 aromatic carbocycles. The van der Waals surface area contributed by atoms with Gasteiger partial charge in [0.25, 0.3) is 0 Å². The van der Waals surface area contributed by atoms with Gasteiger partial charge in [0.15, 0.2) is 5.79 Å². The Morgan fingerprint density at radius 2 is 1.74 bits per heavy atom. The second kappa shape index (κ2) is 15.7. The van der Waals surface area contributed by atoms with E-state index in [9.17, 15) is 0 Å². The molecule has 0 fully saturated rings. The van der Waals surface area contributed by atoms with E-state index in [0.717, 1.165) is 51.7 Å². The highest BCUT2D eigenvalue weighted by Gasteiger charge is 2.18. The Morgan fingerprint density at radius 1 is 1.03 bits per heavy atom. The molecule has 0 spiro atoms. The molecule has 38 heavy (non-hydrogen) atoms. The molecule has 0 saturated carbocycles. The zero-order valence-electron chi connectivity index (χ0n) is 23.3.